The summed E-state index contributed by atoms with van der Waals surface area (Å²) in [5, 5.41) is 0. The summed E-state index contributed by atoms with van der Waals surface area (Å²) in [4.78, 5) is 24.4. The second-order valence-electron chi connectivity index (χ2n) is 6.56. The van der Waals surface area contributed by atoms with Gasteiger partial charge in [0, 0.05) is 23.0 Å². The smallest absolute Gasteiger partial charge is 0.170 e. The summed E-state index contributed by atoms with van der Waals surface area (Å²) in [5.41, 5.74) is 2.23. The van der Waals surface area contributed by atoms with Gasteiger partial charge in [-0.3, -0.25) is 9.59 Å². The molecule has 0 heterocycles. The van der Waals surface area contributed by atoms with Gasteiger partial charge in [0.25, 0.3) is 0 Å². The van der Waals surface area contributed by atoms with Crippen LogP contribution in [0.25, 0.3) is 0 Å². The van der Waals surface area contributed by atoms with Crippen molar-refractivity contribution in [1.29, 1.82) is 0 Å². The van der Waals surface area contributed by atoms with Crippen LogP contribution < -0.4 is 4.74 Å². The fraction of sp³-hybridized carbons (Fsp3) is 0.300. The van der Waals surface area contributed by atoms with Gasteiger partial charge in [0.1, 0.15) is 11.9 Å². The van der Waals surface area contributed by atoms with Crippen LogP contribution in [0.1, 0.15) is 39.1 Å². The average molecular weight is 306 g/mol. The van der Waals surface area contributed by atoms with Crippen LogP contribution in [-0.2, 0) is 0 Å². The topological polar surface area (TPSA) is 43.4 Å². The highest BCUT2D eigenvalue weighted by Crippen LogP contribution is 2.63. The summed E-state index contributed by atoms with van der Waals surface area (Å²) in [5.74, 6) is 2.07. The molecular weight excluding hydrogens is 288 g/mol. The lowest BCUT2D eigenvalue weighted by molar-refractivity contribution is 0.0894. The summed E-state index contributed by atoms with van der Waals surface area (Å²) < 4.78 is 5.81. The van der Waals surface area contributed by atoms with Gasteiger partial charge < -0.3 is 4.74 Å². The molecular formula is C20H18O3. The van der Waals surface area contributed by atoms with Crippen molar-refractivity contribution in [3.05, 3.63) is 65.2 Å². The predicted molar refractivity (Wildman–Crippen MR) is 86.9 cm³/mol. The number of hydrogen-bond donors (Lipinski definition) is 0. The quantitative estimate of drug-likeness (QED) is 0.601. The highest BCUT2D eigenvalue weighted by Gasteiger charge is 2.66. The van der Waals surface area contributed by atoms with Crippen molar-refractivity contribution in [3.63, 3.8) is 0 Å². The first-order valence-corrected chi connectivity index (χ1v) is 8.01. The molecule has 116 valence electrons. The molecule has 4 rings (SSSR count). The third kappa shape index (κ3) is 2.91. The number of rotatable bonds is 6. The largest absolute Gasteiger partial charge is 0.490 e. The molecule has 2 saturated carbocycles. The Balaban J connectivity index is 1.37. The first kappa shape index (κ1) is 14.2. The number of hydrogen-bond acceptors (Lipinski definition) is 3. The molecule has 2 aromatic carbocycles. The maximum atomic E-state index is 12.2. The Bertz CT molecular complexity index is 750. The molecule has 2 aromatic rings. The van der Waals surface area contributed by atoms with E-state index in [1.165, 1.54) is 6.42 Å². The molecule has 0 aliphatic heterocycles. The van der Waals surface area contributed by atoms with Crippen molar-refractivity contribution < 1.29 is 14.3 Å². The van der Waals surface area contributed by atoms with E-state index in [2.05, 4.69) is 0 Å². The van der Waals surface area contributed by atoms with E-state index in [-0.39, 0.29) is 18.0 Å². The number of ketones is 2. The zero-order valence-corrected chi connectivity index (χ0v) is 13.0. The van der Waals surface area contributed by atoms with Crippen molar-refractivity contribution in [2.45, 2.75) is 25.9 Å². The Morgan fingerprint density at radius 3 is 1.91 bits per heavy atom. The van der Waals surface area contributed by atoms with Crippen LogP contribution in [-0.4, -0.2) is 17.7 Å². The Kier molecular flexibility index (Phi) is 3.29. The zero-order valence-electron chi connectivity index (χ0n) is 13.0. The van der Waals surface area contributed by atoms with E-state index in [1.54, 1.807) is 24.3 Å². The molecule has 0 saturated heterocycles. The molecule has 23 heavy (non-hydrogen) atoms. The molecule has 0 aromatic heterocycles. The van der Waals surface area contributed by atoms with Crippen LogP contribution in [0.4, 0.5) is 0 Å². The maximum Gasteiger partial charge on any atom is 0.170 e. The molecule has 0 N–H and O–H groups in total. The van der Waals surface area contributed by atoms with E-state index in [9.17, 15) is 9.59 Å². The van der Waals surface area contributed by atoms with Crippen LogP contribution >= 0.6 is 0 Å². The molecule has 0 amide bonds. The molecule has 0 radical (unpaired) electrons. The monoisotopic (exact) mass is 306 g/mol. The van der Waals surface area contributed by atoms with Crippen molar-refractivity contribution in [1.82, 2.24) is 0 Å². The van der Waals surface area contributed by atoms with E-state index in [1.807, 2.05) is 31.2 Å². The summed E-state index contributed by atoms with van der Waals surface area (Å²) >= 11 is 0. The maximum absolute atomic E-state index is 12.2. The second kappa shape index (κ2) is 5.34. The van der Waals surface area contributed by atoms with Crippen LogP contribution in [0.15, 0.2) is 48.5 Å². The van der Waals surface area contributed by atoms with E-state index in [0.29, 0.717) is 17.2 Å². The minimum atomic E-state index is -0.156. The first-order valence-electron chi connectivity index (χ1n) is 8.01. The summed E-state index contributed by atoms with van der Waals surface area (Å²) in [6, 6.07) is 14.4. The number of carbonyl (C=O) groups is 2. The van der Waals surface area contributed by atoms with E-state index >= 15 is 0 Å². The first-order chi connectivity index (χ1) is 11.1. The lowest BCUT2D eigenvalue weighted by Crippen LogP contribution is -2.09. The molecule has 0 bridgehead atoms. The van der Waals surface area contributed by atoms with Crippen LogP contribution in [0.2, 0.25) is 0 Å². The van der Waals surface area contributed by atoms with Gasteiger partial charge in [0.2, 0.25) is 0 Å². The highest BCUT2D eigenvalue weighted by atomic mass is 16.5. The lowest BCUT2D eigenvalue weighted by Gasteiger charge is -2.09. The minimum absolute atomic E-state index is 0.101. The zero-order chi connectivity index (χ0) is 16.0. The van der Waals surface area contributed by atoms with E-state index in [0.717, 1.165) is 23.1 Å². The third-order valence-electron chi connectivity index (χ3n) is 4.74. The molecule has 3 heteroatoms. The van der Waals surface area contributed by atoms with Crippen molar-refractivity contribution >= 4 is 11.6 Å². The van der Waals surface area contributed by atoms with Gasteiger partial charge in [-0.05, 0) is 37.6 Å². The number of fused-ring (bicyclic) bond motifs is 1. The fourth-order valence-electron chi connectivity index (χ4n) is 2.86. The van der Waals surface area contributed by atoms with Crippen molar-refractivity contribution in [2.24, 2.45) is 11.8 Å². The molecule has 2 aliphatic carbocycles. The van der Waals surface area contributed by atoms with Gasteiger partial charge in [-0.2, -0.15) is 0 Å². The highest BCUT2D eigenvalue weighted by molar-refractivity contribution is 6.13. The van der Waals surface area contributed by atoms with Gasteiger partial charge in [-0.1, -0.05) is 29.8 Å². The van der Waals surface area contributed by atoms with E-state index in [4.69, 9.17) is 4.74 Å². The van der Waals surface area contributed by atoms with Gasteiger partial charge in [-0.15, -0.1) is 0 Å². The molecule has 0 spiro atoms. The Labute approximate surface area is 135 Å². The van der Waals surface area contributed by atoms with Gasteiger partial charge in [-0.25, -0.2) is 0 Å². The minimum Gasteiger partial charge on any atom is -0.490 e. The van der Waals surface area contributed by atoms with E-state index < -0.39 is 0 Å². The van der Waals surface area contributed by atoms with Gasteiger partial charge >= 0.3 is 0 Å². The van der Waals surface area contributed by atoms with Crippen LogP contribution in [0, 0.1) is 18.8 Å². The Morgan fingerprint density at radius 1 is 0.913 bits per heavy atom. The van der Waals surface area contributed by atoms with Crippen LogP contribution in [0.3, 0.4) is 0 Å². The predicted octanol–water partition coefficient (Wildman–Crippen LogP) is 3.85. The fourth-order valence-corrected chi connectivity index (χ4v) is 2.86. The molecule has 2 atom stereocenters. The van der Waals surface area contributed by atoms with Crippen molar-refractivity contribution in [2.75, 3.05) is 0 Å². The Morgan fingerprint density at radius 2 is 1.43 bits per heavy atom. The lowest BCUT2D eigenvalue weighted by atomic mass is 10.0. The summed E-state index contributed by atoms with van der Waals surface area (Å²) in [6.07, 6.45) is 1.61. The number of aryl methyl sites for hydroxylation is 1. The molecule has 2 fully saturated rings. The second-order valence-corrected chi connectivity index (χ2v) is 6.56. The molecule has 2 aliphatic rings. The van der Waals surface area contributed by atoms with Gasteiger partial charge in [0.15, 0.2) is 11.6 Å². The summed E-state index contributed by atoms with van der Waals surface area (Å²) in [6.45, 7) is 1.97. The Hall–Kier alpha value is -2.42. The number of carbonyl (C=O) groups excluding carboxylic acids is 2. The van der Waals surface area contributed by atoms with Crippen molar-refractivity contribution in [3.8, 4) is 5.75 Å². The van der Waals surface area contributed by atoms with Crippen LogP contribution in [0.5, 0.6) is 5.75 Å². The number of ether oxygens (including phenoxy) is 1. The SMILES string of the molecule is Cc1ccc(C(=O)CC(=O)c2ccc(OC3C4CC43)cc2)cc1. The standard InChI is InChI=1S/C20H18O3/c1-12-2-4-13(5-3-12)18(21)11-19(22)14-6-8-15(9-7-14)23-20-16-10-17(16)20/h2-9,16-17,20H,10-11H2,1H3. The average Bonchev–Trinajstić information content (AvgIpc) is 3.45. The number of Topliss-reactive ketones (excluding diaryl/α,β-unsaturated/α-hetero) is 2. The normalized spacial score (nSPS) is 23.8. The summed E-state index contributed by atoms with van der Waals surface area (Å²) in [7, 11) is 0. The molecule has 2 unspecified atom stereocenters. The third-order valence-corrected chi connectivity index (χ3v) is 4.74. The van der Waals surface area contributed by atoms with Gasteiger partial charge in [0.05, 0.1) is 6.42 Å². The number of benzene rings is 2. The molecule has 3 nitrogen and oxygen atoms in total.